The minimum Gasteiger partial charge on any atom is -0.306 e. The molecule has 0 bridgehead atoms. The second-order valence-corrected chi connectivity index (χ2v) is 5.95. The molecule has 0 aliphatic carbocycles. The molecule has 0 fully saturated rings. The predicted molar refractivity (Wildman–Crippen MR) is 86.8 cm³/mol. The van der Waals surface area contributed by atoms with Gasteiger partial charge in [-0.25, -0.2) is 0 Å². The van der Waals surface area contributed by atoms with Crippen molar-refractivity contribution in [3.8, 4) is 0 Å². The van der Waals surface area contributed by atoms with Crippen LogP contribution in [0.4, 0.5) is 0 Å². The Hall–Kier alpha value is -1.13. The predicted octanol–water partition coefficient (Wildman–Crippen LogP) is 4.13. The third-order valence-corrected chi connectivity index (χ3v) is 4.50. The van der Waals surface area contributed by atoms with Crippen LogP contribution in [0.1, 0.15) is 42.4 Å². The van der Waals surface area contributed by atoms with Gasteiger partial charge in [-0.3, -0.25) is 4.68 Å². The van der Waals surface area contributed by atoms with Crippen molar-refractivity contribution < 1.29 is 0 Å². The van der Waals surface area contributed by atoms with Gasteiger partial charge in [-0.15, -0.1) is 0 Å². The number of rotatable bonds is 5. The van der Waals surface area contributed by atoms with Crippen molar-refractivity contribution in [1.29, 1.82) is 0 Å². The van der Waals surface area contributed by atoms with Crippen LogP contribution in [-0.2, 0) is 13.1 Å². The molecule has 0 spiro atoms. The lowest BCUT2D eigenvalue weighted by molar-refractivity contribution is 0.565. The summed E-state index contributed by atoms with van der Waals surface area (Å²) in [5.41, 5.74) is 4.98. The Balaban J connectivity index is 2.11. The van der Waals surface area contributed by atoms with Gasteiger partial charge in [-0.1, -0.05) is 34.1 Å². The molecule has 20 heavy (non-hydrogen) atoms. The van der Waals surface area contributed by atoms with E-state index in [9.17, 15) is 0 Å². The van der Waals surface area contributed by atoms with Gasteiger partial charge >= 0.3 is 0 Å². The molecule has 2 aromatic rings. The zero-order valence-corrected chi connectivity index (χ0v) is 14.2. The van der Waals surface area contributed by atoms with Crippen molar-refractivity contribution in [2.75, 3.05) is 0 Å². The largest absolute Gasteiger partial charge is 0.306 e. The number of nitrogens with one attached hydrogen (secondary N) is 1. The third-order valence-electron chi connectivity index (χ3n) is 3.73. The maximum Gasteiger partial charge on any atom is 0.0644 e. The zero-order chi connectivity index (χ0) is 14.7. The summed E-state index contributed by atoms with van der Waals surface area (Å²) in [5, 5.41) is 8.18. The average Bonchev–Trinajstić information content (AvgIpc) is 2.72. The Labute approximate surface area is 129 Å². The highest BCUT2D eigenvalue weighted by molar-refractivity contribution is 9.10. The molecule has 0 saturated carbocycles. The van der Waals surface area contributed by atoms with Crippen molar-refractivity contribution in [3.05, 3.63) is 51.3 Å². The molecule has 1 N–H and O–H groups in total. The van der Waals surface area contributed by atoms with Crippen molar-refractivity contribution >= 4 is 15.9 Å². The van der Waals surface area contributed by atoms with Gasteiger partial charge in [0.1, 0.15) is 0 Å². The molecule has 1 aromatic carbocycles. The number of halogens is 1. The topological polar surface area (TPSA) is 29.9 Å². The third kappa shape index (κ3) is 3.13. The van der Waals surface area contributed by atoms with E-state index in [0.717, 1.165) is 23.3 Å². The van der Waals surface area contributed by atoms with Crippen LogP contribution in [0.3, 0.4) is 0 Å². The molecule has 1 aromatic heterocycles. The summed E-state index contributed by atoms with van der Waals surface area (Å²) in [5.74, 6) is 0. The van der Waals surface area contributed by atoms with Gasteiger partial charge in [0.15, 0.2) is 0 Å². The van der Waals surface area contributed by atoms with Gasteiger partial charge in [0.2, 0.25) is 0 Å². The van der Waals surface area contributed by atoms with Crippen LogP contribution in [0.2, 0.25) is 0 Å². The fraction of sp³-hybridized carbons (Fsp3) is 0.438. The van der Waals surface area contributed by atoms with E-state index in [1.54, 1.807) is 0 Å². The van der Waals surface area contributed by atoms with Gasteiger partial charge in [0, 0.05) is 34.9 Å². The molecule has 0 amide bonds. The molecule has 1 heterocycles. The Bertz CT molecular complexity index is 589. The second-order valence-electron chi connectivity index (χ2n) is 5.09. The normalized spacial score (nSPS) is 12.7. The van der Waals surface area contributed by atoms with E-state index >= 15 is 0 Å². The van der Waals surface area contributed by atoms with Crippen LogP contribution in [0.25, 0.3) is 0 Å². The maximum absolute atomic E-state index is 4.59. The number of hydrogen-bond acceptors (Lipinski definition) is 2. The van der Waals surface area contributed by atoms with Crippen LogP contribution in [0.5, 0.6) is 0 Å². The minimum absolute atomic E-state index is 0.294. The van der Waals surface area contributed by atoms with Crippen LogP contribution >= 0.6 is 15.9 Å². The lowest BCUT2D eigenvalue weighted by atomic mass is 10.1. The number of aromatic nitrogens is 2. The Morgan fingerprint density at radius 3 is 2.60 bits per heavy atom. The quantitative estimate of drug-likeness (QED) is 0.890. The first-order valence-electron chi connectivity index (χ1n) is 7.05. The highest BCUT2D eigenvalue weighted by Gasteiger charge is 2.16. The van der Waals surface area contributed by atoms with Crippen molar-refractivity contribution in [2.24, 2.45) is 0 Å². The highest BCUT2D eigenvalue weighted by Crippen LogP contribution is 2.23. The van der Waals surface area contributed by atoms with Crippen LogP contribution in [0, 0.1) is 13.8 Å². The van der Waals surface area contributed by atoms with E-state index in [4.69, 9.17) is 0 Å². The van der Waals surface area contributed by atoms with E-state index in [2.05, 4.69) is 76.9 Å². The van der Waals surface area contributed by atoms with Crippen molar-refractivity contribution in [1.82, 2.24) is 15.1 Å². The van der Waals surface area contributed by atoms with Gasteiger partial charge < -0.3 is 5.32 Å². The fourth-order valence-electron chi connectivity index (χ4n) is 2.65. The summed E-state index contributed by atoms with van der Waals surface area (Å²) < 4.78 is 3.22. The van der Waals surface area contributed by atoms with Gasteiger partial charge in [-0.05, 0) is 39.3 Å². The van der Waals surface area contributed by atoms with E-state index in [1.807, 2.05) is 6.07 Å². The maximum atomic E-state index is 4.59. The molecule has 0 aliphatic heterocycles. The van der Waals surface area contributed by atoms with Crippen LogP contribution in [-0.4, -0.2) is 9.78 Å². The van der Waals surface area contributed by atoms with E-state index in [1.165, 1.54) is 16.8 Å². The molecule has 4 heteroatoms. The molecule has 108 valence electrons. The highest BCUT2D eigenvalue weighted by atomic mass is 79.9. The molecular weight excluding hydrogens is 314 g/mol. The van der Waals surface area contributed by atoms with E-state index in [0.29, 0.717) is 6.04 Å². The molecule has 0 aliphatic rings. The van der Waals surface area contributed by atoms with E-state index in [-0.39, 0.29) is 0 Å². The van der Waals surface area contributed by atoms with E-state index < -0.39 is 0 Å². The van der Waals surface area contributed by atoms with Gasteiger partial charge in [0.05, 0.1) is 5.69 Å². The zero-order valence-electron chi connectivity index (χ0n) is 12.6. The van der Waals surface area contributed by atoms with Gasteiger partial charge in [-0.2, -0.15) is 5.10 Å². The lowest BCUT2D eigenvalue weighted by Crippen LogP contribution is -2.19. The van der Waals surface area contributed by atoms with Crippen LogP contribution < -0.4 is 5.32 Å². The fourth-order valence-corrected chi connectivity index (χ4v) is 3.08. The summed E-state index contributed by atoms with van der Waals surface area (Å²) in [6.45, 7) is 10.3. The molecule has 1 atom stereocenters. The Kier molecular flexibility index (Phi) is 5.00. The first-order valence-corrected chi connectivity index (χ1v) is 7.84. The smallest absolute Gasteiger partial charge is 0.0644 e. The molecule has 1 unspecified atom stereocenters. The molecule has 0 saturated heterocycles. The summed E-state index contributed by atoms with van der Waals surface area (Å²) in [6.07, 6.45) is 0. The Morgan fingerprint density at radius 2 is 2.00 bits per heavy atom. The number of aryl methyl sites for hydroxylation is 2. The SMILES string of the molecule is CCn1nc(C)c(C(C)NCc2ccccc2Br)c1C. The minimum atomic E-state index is 0.294. The molecule has 0 radical (unpaired) electrons. The first-order chi connectivity index (χ1) is 9.54. The molecular formula is C16H22BrN3. The summed E-state index contributed by atoms with van der Waals surface area (Å²) in [6, 6.07) is 8.61. The van der Waals surface area contributed by atoms with Crippen LogP contribution in [0.15, 0.2) is 28.7 Å². The number of nitrogens with zero attached hydrogens (tertiary/aromatic N) is 2. The summed E-state index contributed by atoms with van der Waals surface area (Å²) in [4.78, 5) is 0. The second kappa shape index (κ2) is 6.55. The molecule has 2 rings (SSSR count). The number of benzene rings is 1. The lowest BCUT2D eigenvalue weighted by Gasteiger charge is -2.15. The average molecular weight is 336 g/mol. The summed E-state index contributed by atoms with van der Waals surface area (Å²) in [7, 11) is 0. The first kappa shape index (κ1) is 15.3. The van der Waals surface area contributed by atoms with Crippen molar-refractivity contribution in [2.45, 2.75) is 46.8 Å². The van der Waals surface area contributed by atoms with Gasteiger partial charge in [0.25, 0.3) is 0 Å². The Morgan fingerprint density at radius 1 is 1.30 bits per heavy atom. The monoisotopic (exact) mass is 335 g/mol. The molecule has 3 nitrogen and oxygen atoms in total. The number of hydrogen-bond donors (Lipinski definition) is 1. The standard InChI is InChI=1S/C16H22BrN3/c1-5-20-13(4)16(12(3)19-20)11(2)18-10-14-8-6-7-9-15(14)17/h6-9,11,18H,5,10H2,1-4H3. The summed E-state index contributed by atoms with van der Waals surface area (Å²) >= 11 is 3.59. The van der Waals surface area contributed by atoms with Crippen molar-refractivity contribution in [3.63, 3.8) is 0 Å².